The van der Waals surface area contributed by atoms with Gasteiger partial charge in [0.2, 0.25) is 0 Å². The van der Waals surface area contributed by atoms with Crippen LogP contribution in [0.5, 0.6) is 0 Å². The molecule has 0 saturated carbocycles. The Bertz CT molecular complexity index is 327. The molecule has 0 N–H and O–H groups in total. The van der Waals surface area contributed by atoms with E-state index in [1.54, 1.807) is 0 Å². The van der Waals surface area contributed by atoms with E-state index in [2.05, 4.69) is 32.9 Å². The van der Waals surface area contributed by atoms with Crippen LogP contribution >= 0.6 is 11.8 Å². The van der Waals surface area contributed by atoms with Gasteiger partial charge in [-0.05, 0) is 5.41 Å². The van der Waals surface area contributed by atoms with Crippen molar-refractivity contribution >= 4 is 17.0 Å². The molecule has 0 aromatic heterocycles. The van der Waals surface area contributed by atoms with E-state index in [0.717, 1.165) is 6.54 Å². The summed E-state index contributed by atoms with van der Waals surface area (Å²) in [7, 11) is 0. The second kappa shape index (κ2) is 3.71. The van der Waals surface area contributed by atoms with E-state index in [9.17, 15) is 4.79 Å². The molecule has 1 saturated heterocycles. The Morgan fingerprint density at radius 1 is 1.33 bits per heavy atom. The van der Waals surface area contributed by atoms with Crippen molar-refractivity contribution in [1.29, 1.82) is 0 Å². The second-order valence-corrected chi connectivity index (χ2v) is 6.43. The Hall–Kier alpha value is -0.700. The van der Waals surface area contributed by atoms with E-state index < -0.39 is 0 Å². The maximum absolute atomic E-state index is 11.8. The van der Waals surface area contributed by atoms with Crippen molar-refractivity contribution in [2.45, 2.75) is 32.1 Å². The first-order chi connectivity index (χ1) is 6.97. The first-order valence-electron chi connectivity index (χ1n) is 5.30. The number of carbonyl (C=O) groups is 1. The van der Waals surface area contributed by atoms with Gasteiger partial charge in [0.15, 0.2) is 0 Å². The van der Waals surface area contributed by atoms with Crippen molar-refractivity contribution in [3.05, 3.63) is 24.3 Å². The molecule has 0 bridgehead atoms. The second-order valence-electron chi connectivity index (χ2n) is 5.30. The summed E-state index contributed by atoms with van der Waals surface area (Å²) in [6.07, 6.45) is 8.32. The fraction of sp³-hybridized carbons (Fsp3) is 0.583. The summed E-state index contributed by atoms with van der Waals surface area (Å²) in [5, 5.41) is 0.543. The molecule has 1 fully saturated rings. The van der Waals surface area contributed by atoms with Crippen LogP contribution in [-0.2, 0) is 0 Å². The molecule has 3 heteroatoms. The lowest BCUT2D eigenvalue weighted by Crippen LogP contribution is -2.40. The summed E-state index contributed by atoms with van der Waals surface area (Å²) in [5.74, 6) is 0. The van der Waals surface area contributed by atoms with E-state index in [1.165, 1.54) is 11.8 Å². The summed E-state index contributed by atoms with van der Waals surface area (Å²) in [6.45, 7) is 7.33. The average molecular weight is 223 g/mol. The van der Waals surface area contributed by atoms with E-state index >= 15 is 0 Å². The molecule has 0 radical (unpaired) electrons. The van der Waals surface area contributed by atoms with Crippen molar-refractivity contribution < 1.29 is 4.79 Å². The SMILES string of the molecule is CC(C)(C)CN1C(=O)SC2C=CC=CC21. The lowest BCUT2D eigenvalue weighted by Gasteiger charge is -2.31. The zero-order valence-electron chi connectivity index (χ0n) is 9.43. The molecule has 0 spiro atoms. The maximum Gasteiger partial charge on any atom is 0.282 e. The Morgan fingerprint density at radius 3 is 2.67 bits per heavy atom. The van der Waals surface area contributed by atoms with Crippen LogP contribution in [0.15, 0.2) is 24.3 Å². The van der Waals surface area contributed by atoms with Crippen LogP contribution < -0.4 is 0 Å². The fourth-order valence-electron chi connectivity index (χ4n) is 1.95. The first kappa shape index (κ1) is 10.8. The molecule has 2 aliphatic rings. The lowest BCUT2D eigenvalue weighted by molar-refractivity contribution is 0.187. The van der Waals surface area contributed by atoms with Gasteiger partial charge in [0.1, 0.15) is 0 Å². The van der Waals surface area contributed by atoms with Gasteiger partial charge >= 0.3 is 0 Å². The molecule has 2 rings (SSSR count). The summed E-state index contributed by atoms with van der Waals surface area (Å²) >= 11 is 1.45. The highest BCUT2D eigenvalue weighted by Crippen LogP contribution is 2.36. The molecule has 0 aromatic rings. The maximum atomic E-state index is 11.8. The number of allylic oxidation sites excluding steroid dienone is 2. The average Bonchev–Trinajstić information content (AvgIpc) is 2.41. The van der Waals surface area contributed by atoms with Crippen LogP contribution in [0.3, 0.4) is 0 Å². The predicted molar refractivity (Wildman–Crippen MR) is 65.0 cm³/mol. The van der Waals surface area contributed by atoms with Gasteiger partial charge in [0.25, 0.3) is 5.24 Å². The molecule has 82 valence electrons. The molecule has 2 atom stereocenters. The van der Waals surface area contributed by atoms with Crippen molar-refractivity contribution in [2.75, 3.05) is 6.54 Å². The van der Waals surface area contributed by atoms with Gasteiger partial charge in [-0.1, -0.05) is 56.8 Å². The zero-order valence-corrected chi connectivity index (χ0v) is 10.3. The number of thioether (sulfide) groups is 1. The van der Waals surface area contributed by atoms with Crippen molar-refractivity contribution in [3.8, 4) is 0 Å². The summed E-state index contributed by atoms with van der Waals surface area (Å²) < 4.78 is 0. The molecular weight excluding hydrogens is 206 g/mol. The van der Waals surface area contributed by atoms with E-state index in [0.29, 0.717) is 5.25 Å². The van der Waals surface area contributed by atoms with Gasteiger partial charge in [-0.3, -0.25) is 4.79 Å². The molecule has 1 heterocycles. The van der Waals surface area contributed by atoms with Crippen LogP contribution in [0.1, 0.15) is 20.8 Å². The summed E-state index contributed by atoms with van der Waals surface area (Å²) in [6, 6.07) is 0.270. The van der Waals surface area contributed by atoms with Gasteiger partial charge in [0, 0.05) is 6.54 Å². The smallest absolute Gasteiger partial charge is 0.282 e. The largest absolute Gasteiger partial charge is 0.325 e. The van der Waals surface area contributed by atoms with E-state index in [4.69, 9.17) is 0 Å². The molecule has 2 nitrogen and oxygen atoms in total. The van der Waals surface area contributed by atoms with Crippen LogP contribution in [0.4, 0.5) is 4.79 Å². The first-order valence-corrected chi connectivity index (χ1v) is 6.18. The monoisotopic (exact) mass is 223 g/mol. The highest BCUT2D eigenvalue weighted by Gasteiger charge is 2.39. The number of hydrogen-bond acceptors (Lipinski definition) is 2. The molecular formula is C12H17NOS. The van der Waals surface area contributed by atoms with Gasteiger partial charge in [-0.2, -0.15) is 0 Å². The van der Waals surface area contributed by atoms with Crippen LogP contribution in [0.25, 0.3) is 0 Å². The van der Waals surface area contributed by atoms with Crippen molar-refractivity contribution in [3.63, 3.8) is 0 Å². The fourth-order valence-corrected chi connectivity index (χ4v) is 3.05. The van der Waals surface area contributed by atoms with Crippen molar-refractivity contribution in [1.82, 2.24) is 4.90 Å². The highest BCUT2D eigenvalue weighted by atomic mass is 32.2. The number of nitrogens with zero attached hydrogens (tertiary/aromatic N) is 1. The van der Waals surface area contributed by atoms with Crippen LogP contribution in [0.2, 0.25) is 0 Å². The minimum atomic E-state index is 0.167. The van der Waals surface area contributed by atoms with Crippen LogP contribution in [-0.4, -0.2) is 28.0 Å². The Kier molecular flexibility index (Phi) is 2.67. The third-order valence-electron chi connectivity index (χ3n) is 2.53. The Balaban J connectivity index is 2.15. The standard InChI is InChI=1S/C12H17NOS/c1-12(2,3)8-13-9-6-4-5-7-10(9)15-11(13)14/h4-7,9-10H,8H2,1-3H3. The number of carbonyl (C=O) groups excluding carboxylic acids is 1. The zero-order chi connectivity index (χ0) is 11.1. The van der Waals surface area contributed by atoms with Gasteiger partial charge in [-0.15, -0.1) is 0 Å². The van der Waals surface area contributed by atoms with Gasteiger partial charge in [0.05, 0.1) is 11.3 Å². The number of amides is 1. The predicted octanol–water partition coefficient (Wildman–Crippen LogP) is 3.06. The third-order valence-corrected chi connectivity index (χ3v) is 3.68. The minimum absolute atomic E-state index is 0.167. The van der Waals surface area contributed by atoms with Gasteiger partial charge in [-0.25, -0.2) is 0 Å². The van der Waals surface area contributed by atoms with Gasteiger partial charge < -0.3 is 4.90 Å². The van der Waals surface area contributed by atoms with Crippen LogP contribution in [0, 0.1) is 5.41 Å². The number of hydrogen-bond donors (Lipinski definition) is 0. The minimum Gasteiger partial charge on any atom is -0.325 e. The topological polar surface area (TPSA) is 20.3 Å². The lowest BCUT2D eigenvalue weighted by atomic mass is 9.94. The third kappa shape index (κ3) is 2.28. The summed E-state index contributed by atoms with van der Waals surface area (Å²) in [4.78, 5) is 13.8. The quantitative estimate of drug-likeness (QED) is 0.681. The van der Waals surface area contributed by atoms with E-state index in [1.807, 2.05) is 17.1 Å². The number of rotatable bonds is 1. The highest BCUT2D eigenvalue weighted by molar-refractivity contribution is 8.14. The molecule has 1 aliphatic carbocycles. The molecule has 1 amide bonds. The number of fused-ring (bicyclic) bond motifs is 1. The Morgan fingerprint density at radius 2 is 2.00 bits per heavy atom. The van der Waals surface area contributed by atoms with E-state index in [-0.39, 0.29) is 16.7 Å². The summed E-state index contributed by atoms with van der Waals surface area (Å²) in [5.41, 5.74) is 0.167. The normalized spacial score (nSPS) is 29.8. The molecule has 15 heavy (non-hydrogen) atoms. The van der Waals surface area contributed by atoms with Crippen molar-refractivity contribution in [2.24, 2.45) is 5.41 Å². The molecule has 1 aliphatic heterocycles. The molecule has 2 unspecified atom stereocenters. The Labute approximate surface area is 95.4 Å². The molecule has 0 aromatic carbocycles.